The Kier molecular flexibility index (Phi) is 11.4. The van der Waals surface area contributed by atoms with Crippen molar-refractivity contribution in [3.05, 3.63) is 114 Å². The van der Waals surface area contributed by atoms with E-state index in [9.17, 15) is 0 Å². The Balaban J connectivity index is 0.00000101. The molecular weight excluding hydrogens is 446 g/mol. The largest absolute Gasteiger partial charge is 0.251 e. The van der Waals surface area contributed by atoms with Crippen LogP contribution in [0.15, 0.2) is 89.9 Å². The third-order valence-corrected chi connectivity index (χ3v) is 5.10. The molecule has 3 aromatic rings. The summed E-state index contributed by atoms with van der Waals surface area (Å²) in [4.78, 5) is 14.5. The number of nitrogens with zero attached hydrogens (tertiary/aromatic N) is 3. The van der Waals surface area contributed by atoms with Gasteiger partial charge in [-0.2, -0.15) is 0 Å². The van der Waals surface area contributed by atoms with E-state index in [0.29, 0.717) is 0 Å². The van der Waals surface area contributed by atoms with Gasteiger partial charge in [0.15, 0.2) is 0 Å². The van der Waals surface area contributed by atoms with E-state index in [1.807, 2.05) is 32.0 Å². The smallest absolute Gasteiger partial charge is 0.0849 e. The summed E-state index contributed by atoms with van der Waals surface area (Å²) in [5, 5.41) is 0. The van der Waals surface area contributed by atoms with Crippen molar-refractivity contribution in [3.8, 4) is 0 Å². The third kappa shape index (κ3) is 7.78. The fraction of sp³-hybridized carbons (Fsp3) is 0.207. The summed E-state index contributed by atoms with van der Waals surface area (Å²) >= 11 is 0. The summed E-state index contributed by atoms with van der Waals surface area (Å²) in [6.45, 7) is 19.1. The van der Waals surface area contributed by atoms with Gasteiger partial charge in [-0.05, 0) is 75.9 Å². The van der Waals surface area contributed by atoms with Gasteiger partial charge >= 0.3 is 0 Å². The summed E-state index contributed by atoms with van der Waals surface area (Å²) in [5.74, 6) is 0. The van der Waals surface area contributed by atoms with Crippen LogP contribution in [0.2, 0.25) is 0 Å². The number of pyridine rings is 1. The summed E-state index contributed by atoms with van der Waals surface area (Å²) in [5.41, 5.74) is 10.3. The van der Waals surface area contributed by atoms with Crippen molar-refractivity contribution in [2.75, 3.05) is 0 Å². The standard InChI is InChI=1S/C25H27N3.C4H6.Fe/c1-16-10-7-11-17(2)24(16)26-20(5)22-14-9-15-23(28-22)21(6)27-25-18(3)12-8-13-19(25)4;1-3-4-2;/h7-15H,1-6H3;3-4H,1-2H2;. The molecular formula is C29H33FeN3. The molecule has 0 spiro atoms. The van der Waals surface area contributed by atoms with Gasteiger partial charge in [0.1, 0.15) is 0 Å². The van der Waals surface area contributed by atoms with Gasteiger partial charge in [0, 0.05) is 17.1 Å². The molecule has 172 valence electrons. The average Bonchev–Trinajstić information content (AvgIpc) is 2.79. The summed E-state index contributed by atoms with van der Waals surface area (Å²) in [6.07, 6.45) is 3.28. The van der Waals surface area contributed by atoms with Crippen LogP contribution in [0.25, 0.3) is 0 Å². The Bertz CT molecular complexity index is 1040. The zero-order chi connectivity index (χ0) is 23.7. The Labute approximate surface area is 209 Å². The van der Waals surface area contributed by atoms with Gasteiger partial charge < -0.3 is 0 Å². The minimum Gasteiger partial charge on any atom is -0.251 e. The van der Waals surface area contributed by atoms with Gasteiger partial charge in [-0.25, -0.2) is 4.98 Å². The molecule has 0 fully saturated rings. The Hall–Kier alpha value is -3.07. The number of hydrogen-bond acceptors (Lipinski definition) is 3. The first-order valence-corrected chi connectivity index (χ1v) is 10.7. The normalized spacial score (nSPS) is 11.1. The summed E-state index contributed by atoms with van der Waals surface area (Å²) in [6, 6.07) is 18.5. The van der Waals surface area contributed by atoms with Crippen molar-refractivity contribution >= 4 is 22.8 Å². The van der Waals surface area contributed by atoms with Crippen LogP contribution in [0.1, 0.15) is 47.5 Å². The second-order valence-corrected chi connectivity index (χ2v) is 7.75. The molecule has 4 heteroatoms. The van der Waals surface area contributed by atoms with Gasteiger partial charge in [0.25, 0.3) is 0 Å². The molecule has 1 heterocycles. The molecule has 0 aliphatic rings. The van der Waals surface area contributed by atoms with Gasteiger partial charge in [0.05, 0.1) is 34.2 Å². The van der Waals surface area contributed by atoms with Crippen molar-refractivity contribution < 1.29 is 17.1 Å². The number of para-hydroxylation sites is 2. The maximum absolute atomic E-state index is 4.86. The molecule has 0 aliphatic heterocycles. The Morgan fingerprint density at radius 2 is 0.939 bits per heavy atom. The number of hydrogen-bond donors (Lipinski definition) is 0. The molecule has 2 aromatic carbocycles. The first-order valence-electron chi connectivity index (χ1n) is 10.7. The first-order chi connectivity index (χ1) is 15.3. The molecule has 3 nitrogen and oxygen atoms in total. The summed E-state index contributed by atoms with van der Waals surface area (Å²) in [7, 11) is 0. The molecule has 0 radical (unpaired) electrons. The van der Waals surface area contributed by atoms with E-state index in [1.165, 1.54) is 22.3 Å². The average molecular weight is 479 g/mol. The minimum absolute atomic E-state index is 0. The Morgan fingerprint density at radius 1 is 0.636 bits per heavy atom. The van der Waals surface area contributed by atoms with Crippen LogP contribution in [-0.4, -0.2) is 16.4 Å². The van der Waals surface area contributed by atoms with E-state index in [0.717, 1.165) is 34.2 Å². The summed E-state index contributed by atoms with van der Waals surface area (Å²) < 4.78 is 0. The molecule has 33 heavy (non-hydrogen) atoms. The number of aryl methyl sites for hydroxylation is 4. The van der Waals surface area contributed by atoms with E-state index in [2.05, 4.69) is 77.3 Å². The maximum Gasteiger partial charge on any atom is 0.0849 e. The number of benzene rings is 2. The Morgan fingerprint density at radius 3 is 1.24 bits per heavy atom. The molecule has 0 N–H and O–H groups in total. The van der Waals surface area contributed by atoms with Gasteiger partial charge in [-0.1, -0.05) is 67.8 Å². The first kappa shape index (κ1) is 28.0. The second kappa shape index (κ2) is 13.5. The zero-order valence-electron chi connectivity index (χ0n) is 20.5. The third-order valence-electron chi connectivity index (χ3n) is 5.10. The second-order valence-electron chi connectivity index (χ2n) is 7.75. The van der Waals surface area contributed by atoms with Crippen molar-refractivity contribution in [3.63, 3.8) is 0 Å². The van der Waals surface area contributed by atoms with Crippen LogP contribution >= 0.6 is 0 Å². The topological polar surface area (TPSA) is 37.6 Å². The van der Waals surface area contributed by atoms with Crippen molar-refractivity contribution in [2.45, 2.75) is 41.5 Å². The molecule has 0 amide bonds. The van der Waals surface area contributed by atoms with Gasteiger partial charge in [-0.3, -0.25) is 9.98 Å². The molecule has 0 aliphatic carbocycles. The maximum atomic E-state index is 4.86. The number of aliphatic imine (C=N–C) groups is 2. The number of allylic oxidation sites excluding steroid dienone is 2. The van der Waals surface area contributed by atoms with E-state index in [1.54, 1.807) is 12.2 Å². The fourth-order valence-corrected chi connectivity index (χ4v) is 3.25. The number of rotatable bonds is 5. The van der Waals surface area contributed by atoms with Crippen LogP contribution in [0.3, 0.4) is 0 Å². The molecule has 0 bridgehead atoms. The molecule has 1 aromatic heterocycles. The molecule has 3 rings (SSSR count). The molecule has 0 unspecified atom stereocenters. The predicted molar refractivity (Wildman–Crippen MR) is 140 cm³/mol. The van der Waals surface area contributed by atoms with Crippen LogP contribution < -0.4 is 0 Å². The van der Waals surface area contributed by atoms with Crippen LogP contribution in [-0.2, 0) is 17.1 Å². The monoisotopic (exact) mass is 479 g/mol. The van der Waals surface area contributed by atoms with E-state index in [-0.39, 0.29) is 17.1 Å². The van der Waals surface area contributed by atoms with Crippen molar-refractivity contribution in [1.29, 1.82) is 0 Å². The predicted octanol–water partition coefficient (Wildman–Crippen LogP) is 7.95. The minimum atomic E-state index is 0. The fourth-order valence-electron chi connectivity index (χ4n) is 3.25. The molecule has 0 atom stereocenters. The number of aromatic nitrogens is 1. The van der Waals surface area contributed by atoms with E-state index >= 15 is 0 Å². The molecule has 0 saturated heterocycles. The van der Waals surface area contributed by atoms with Gasteiger partial charge in [-0.15, -0.1) is 0 Å². The van der Waals surface area contributed by atoms with Crippen molar-refractivity contribution in [1.82, 2.24) is 4.98 Å². The van der Waals surface area contributed by atoms with Crippen LogP contribution in [0.5, 0.6) is 0 Å². The molecule has 0 saturated carbocycles. The zero-order valence-corrected chi connectivity index (χ0v) is 21.6. The van der Waals surface area contributed by atoms with Crippen molar-refractivity contribution in [2.24, 2.45) is 9.98 Å². The SMILES string of the molecule is C=CC=C.CC(=Nc1c(C)cccc1C)c1cccc(C(C)=Nc2c(C)cccc2C)n1.[Fe]. The quantitative estimate of drug-likeness (QED) is 0.208. The van der Waals surface area contributed by atoms with Crippen LogP contribution in [0.4, 0.5) is 11.4 Å². The van der Waals surface area contributed by atoms with Gasteiger partial charge in [0.2, 0.25) is 0 Å². The van der Waals surface area contributed by atoms with E-state index in [4.69, 9.17) is 15.0 Å². The van der Waals surface area contributed by atoms with E-state index < -0.39 is 0 Å². The van der Waals surface area contributed by atoms with Crippen LogP contribution in [0, 0.1) is 27.7 Å².